The number of amides is 2. The number of nitrogens with zero attached hydrogens (tertiary/aromatic N) is 4. The zero-order valence-corrected chi connectivity index (χ0v) is 20.8. The molecule has 0 atom stereocenters. The van der Waals surface area contributed by atoms with Gasteiger partial charge in [-0.15, -0.1) is 0 Å². The van der Waals surface area contributed by atoms with Gasteiger partial charge >= 0.3 is 12.2 Å². The Bertz CT molecular complexity index is 1360. The third-order valence-corrected chi connectivity index (χ3v) is 6.19. The number of fused-ring (bicyclic) bond motifs is 1. The second-order valence-electron chi connectivity index (χ2n) is 9.01. The molecular formula is C25H25F4N7O3. The van der Waals surface area contributed by atoms with Gasteiger partial charge < -0.3 is 35.2 Å². The van der Waals surface area contributed by atoms with Crippen molar-refractivity contribution in [3.05, 3.63) is 54.1 Å². The first-order valence-electron chi connectivity index (χ1n) is 12.1. The molecule has 3 N–H and O–H groups in total. The standard InChI is InChI=1S/C25H25F4N7O3/c1-35-5-7-36(8-6-35)17-11-15(25(27,28)29)10-16(12-17)33-24(37)34-20-3-2-18(13-19(20)26)39-23-21-22(31-14-32-23)30-4-9-38-21/h2-3,10-14H,4-9H2,1H3,(H,30,31,32)(H2,33,34,37). The van der Waals surface area contributed by atoms with Gasteiger partial charge in [-0.05, 0) is 37.4 Å². The molecule has 0 spiro atoms. The minimum Gasteiger partial charge on any atom is -0.483 e. The van der Waals surface area contributed by atoms with Crippen LogP contribution in [-0.2, 0) is 6.18 Å². The molecule has 206 valence electrons. The first kappa shape index (κ1) is 26.3. The summed E-state index contributed by atoms with van der Waals surface area (Å²) < 4.78 is 66.7. The fraction of sp³-hybridized carbons (Fsp3) is 0.320. The molecule has 14 heteroatoms. The van der Waals surface area contributed by atoms with Crippen molar-refractivity contribution in [2.24, 2.45) is 0 Å². The molecule has 2 aliphatic rings. The molecule has 2 aliphatic heterocycles. The number of carbonyl (C=O) groups excluding carboxylic acids is 1. The lowest BCUT2D eigenvalue weighted by atomic mass is 10.1. The Morgan fingerprint density at radius 1 is 1.08 bits per heavy atom. The topological polar surface area (TPSA) is 104 Å². The maximum absolute atomic E-state index is 14.8. The third-order valence-electron chi connectivity index (χ3n) is 6.19. The van der Waals surface area contributed by atoms with Gasteiger partial charge in [-0.3, -0.25) is 0 Å². The van der Waals surface area contributed by atoms with Crippen molar-refractivity contribution < 1.29 is 31.8 Å². The third kappa shape index (κ3) is 6.22. The molecule has 1 saturated heterocycles. The van der Waals surface area contributed by atoms with Crippen LogP contribution in [0.2, 0.25) is 0 Å². The molecule has 0 aliphatic carbocycles. The number of benzene rings is 2. The highest BCUT2D eigenvalue weighted by Gasteiger charge is 2.32. The molecule has 0 unspecified atom stereocenters. The van der Waals surface area contributed by atoms with E-state index in [-0.39, 0.29) is 23.0 Å². The minimum absolute atomic E-state index is 0.0706. The molecular weight excluding hydrogens is 522 g/mol. The SMILES string of the molecule is CN1CCN(c2cc(NC(=O)Nc3ccc(Oc4ncnc5c4OCCN5)cc3F)cc(C(F)(F)F)c2)CC1. The van der Waals surface area contributed by atoms with E-state index in [4.69, 9.17) is 9.47 Å². The molecule has 39 heavy (non-hydrogen) atoms. The van der Waals surface area contributed by atoms with Crippen molar-refractivity contribution in [2.45, 2.75) is 6.18 Å². The van der Waals surface area contributed by atoms with Gasteiger partial charge in [0.05, 0.1) is 17.8 Å². The maximum atomic E-state index is 14.8. The Kier molecular flexibility index (Phi) is 7.28. The summed E-state index contributed by atoms with van der Waals surface area (Å²) in [6.07, 6.45) is -3.34. The second-order valence-corrected chi connectivity index (χ2v) is 9.01. The van der Waals surface area contributed by atoms with E-state index in [1.807, 2.05) is 11.9 Å². The molecule has 1 aromatic heterocycles. The smallest absolute Gasteiger partial charge is 0.416 e. The number of ether oxygens (including phenoxy) is 2. The van der Waals surface area contributed by atoms with Gasteiger partial charge in [0.25, 0.3) is 5.88 Å². The van der Waals surface area contributed by atoms with Crippen molar-refractivity contribution in [3.8, 4) is 17.4 Å². The Morgan fingerprint density at radius 3 is 2.62 bits per heavy atom. The van der Waals surface area contributed by atoms with Crippen LogP contribution in [0.4, 0.5) is 45.2 Å². The molecule has 2 amide bonds. The highest BCUT2D eigenvalue weighted by Crippen LogP contribution is 2.37. The van der Waals surface area contributed by atoms with E-state index in [2.05, 4.69) is 30.8 Å². The predicted octanol–water partition coefficient (Wildman–Crippen LogP) is 4.63. The maximum Gasteiger partial charge on any atom is 0.416 e. The first-order chi connectivity index (χ1) is 18.7. The van der Waals surface area contributed by atoms with Crippen molar-refractivity contribution >= 4 is 28.9 Å². The van der Waals surface area contributed by atoms with Gasteiger partial charge in [-0.2, -0.15) is 18.2 Å². The summed E-state index contributed by atoms with van der Waals surface area (Å²) in [6.45, 7) is 3.43. The highest BCUT2D eigenvalue weighted by molar-refractivity contribution is 6.00. The Balaban J connectivity index is 1.29. The lowest BCUT2D eigenvalue weighted by Crippen LogP contribution is -2.44. The number of hydrogen-bond donors (Lipinski definition) is 3. The highest BCUT2D eigenvalue weighted by atomic mass is 19.4. The second kappa shape index (κ2) is 10.8. The van der Waals surface area contributed by atoms with Crippen LogP contribution >= 0.6 is 0 Å². The number of likely N-dealkylation sites (N-methyl/N-ethyl adjacent to an activating group) is 1. The van der Waals surface area contributed by atoms with Crippen LogP contribution < -0.4 is 30.3 Å². The van der Waals surface area contributed by atoms with E-state index < -0.39 is 23.6 Å². The Labute approximate surface area is 220 Å². The number of piperazine rings is 1. The van der Waals surface area contributed by atoms with Crippen molar-refractivity contribution in [1.82, 2.24) is 14.9 Å². The number of hydrogen-bond acceptors (Lipinski definition) is 8. The summed E-state index contributed by atoms with van der Waals surface area (Å²) in [5.74, 6) is 0.0931. The largest absolute Gasteiger partial charge is 0.483 e. The van der Waals surface area contributed by atoms with Gasteiger partial charge in [-0.1, -0.05) is 0 Å². The number of carbonyl (C=O) groups is 1. The number of halogens is 4. The quantitative estimate of drug-likeness (QED) is 0.398. The summed E-state index contributed by atoms with van der Waals surface area (Å²) >= 11 is 0. The summed E-state index contributed by atoms with van der Waals surface area (Å²) in [7, 11) is 1.94. The first-order valence-corrected chi connectivity index (χ1v) is 12.1. The van der Waals surface area contributed by atoms with Crippen LogP contribution in [0.5, 0.6) is 17.4 Å². The summed E-state index contributed by atoms with van der Waals surface area (Å²) in [5.41, 5.74) is -0.826. The van der Waals surface area contributed by atoms with Crippen molar-refractivity contribution in [2.75, 3.05) is 67.2 Å². The van der Waals surface area contributed by atoms with E-state index in [1.54, 1.807) is 0 Å². The number of anilines is 4. The number of urea groups is 1. The number of rotatable bonds is 5. The average Bonchev–Trinajstić information content (AvgIpc) is 2.90. The molecule has 5 rings (SSSR count). The predicted molar refractivity (Wildman–Crippen MR) is 136 cm³/mol. The van der Waals surface area contributed by atoms with Gasteiger partial charge in [0.1, 0.15) is 24.5 Å². The lowest BCUT2D eigenvalue weighted by molar-refractivity contribution is -0.137. The molecule has 0 radical (unpaired) electrons. The monoisotopic (exact) mass is 547 g/mol. The van der Waals surface area contributed by atoms with Gasteiger partial charge in [0.2, 0.25) is 5.75 Å². The van der Waals surface area contributed by atoms with Crippen LogP contribution in [0.15, 0.2) is 42.7 Å². The van der Waals surface area contributed by atoms with E-state index >= 15 is 0 Å². The zero-order chi connectivity index (χ0) is 27.6. The normalized spacial score (nSPS) is 15.6. The number of nitrogens with one attached hydrogen (secondary N) is 3. The van der Waals surface area contributed by atoms with Crippen molar-refractivity contribution in [1.29, 1.82) is 0 Å². The number of alkyl halides is 3. The summed E-state index contributed by atoms with van der Waals surface area (Å²) in [6, 6.07) is 6.16. The fourth-order valence-corrected chi connectivity index (χ4v) is 4.16. The molecule has 3 heterocycles. The molecule has 0 saturated carbocycles. The minimum atomic E-state index is -4.61. The zero-order valence-electron chi connectivity index (χ0n) is 20.8. The summed E-state index contributed by atoms with van der Waals surface area (Å²) in [5, 5.41) is 7.74. The molecule has 1 fully saturated rings. The van der Waals surface area contributed by atoms with Crippen LogP contribution in [0, 0.1) is 5.82 Å². The molecule has 2 aromatic carbocycles. The van der Waals surface area contributed by atoms with Crippen LogP contribution in [0.25, 0.3) is 0 Å². The Hall–Kier alpha value is -4.33. The lowest BCUT2D eigenvalue weighted by Gasteiger charge is -2.34. The van der Waals surface area contributed by atoms with E-state index in [0.717, 1.165) is 18.2 Å². The Morgan fingerprint density at radius 2 is 1.87 bits per heavy atom. The van der Waals surface area contributed by atoms with Gasteiger partial charge in [-0.25, -0.2) is 14.2 Å². The molecule has 10 nitrogen and oxygen atoms in total. The summed E-state index contributed by atoms with van der Waals surface area (Å²) in [4.78, 5) is 24.6. The van der Waals surface area contributed by atoms with Gasteiger partial charge in [0, 0.05) is 43.6 Å². The number of aromatic nitrogens is 2. The van der Waals surface area contributed by atoms with Crippen LogP contribution in [-0.4, -0.2) is 67.3 Å². The molecule has 3 aromatic rings. The fourth-order valence-electron chi connectivity index (χ4n) is 4.16. The van der Waals surface area contributed by atoms with E-state index in [9.17, 15) is 22.4 Å². The molecule has 0 bridgehead atoms. The van der Waals surface area contributed by atoms with Gasteiger partial charge in [0.15, 0.2) is 5.82 Å². The van der Waals surface area contributed by atoms with E-state index in [1.165, 1.54) is 24.5 Å². The van der Waals surface area contributed by atoms with Crippen LogP contribution in [0.1, 0.15) is 5.56 Å². The van der Waals surface area contributed by atoms with E-state index in [0.29, 0.717) is 56.6 Å². The van der Waals surface area contributed by atoms with Crippen LogP contribution in [0.3, 0.4) is 0 Å². The van der Waals surface area contributed by atoms with Crippen molar-refractivity contribution in [3.63, 3.8) is 0 Å². The average molecular weight is 548 g/mol.